The number of nitrogens with zero attached hydrogens (tertiary/aromatic N) is 4. The number of ether oxygens (including phenoxy) is 2. The monoisotopic (exact) mass is 597 g/mol. The zero-order chi connectivity index (χ0) is 29.2. The van der Waals surface area contributed by atoms with Crippen molar-refractivity contribution in [2.45, 2.75) is 63.2 Å². The maximum absolute atomic E-state index is 13.8. The Morgan fingerprint density at radius 3 is 2.65 bits per heavy atom. The summed E-state index contributed by atoms with van der Waals surface area (Å²) in [6.45, 7) is 6.04. The Hall–Kier alpha value is -3.00. The van der Waals surface area contributed by atoms with Gasteiger partial charge in [0.1, 0.15) is 28.9 Å². The van der Waals surface area contributed by atoms with Crippen molar-refractivity contribution in [2.75, 3.05) is 24.7 Å². The van der Waals surface area contributed by atoms with Crippen molar-refractivity contribution in [1.29, 1.82) is 0 Å². The van der Waals surface area contributed by atoms with E-state index in [1.807, 2.05) is 0 Å². The molecule has 3 heterocycles. The summed E-state index contributed by atoms with van der Waals surface area (Å²) in [7, 11) is -2.53. The van der Waals surface area contributed by atoms with Gasteiger partial charge in [0.2, 0.25) is 5.95 Å². The fourth-order valence-electron chi connectivity index (χ4n) is 4.14. The summed E-state index contributed by atoms with van der Waals surface area (Å²) in [5.74, 6) is 0.00283. The Morgan fingerprint density at radius 2 is 2.00 bits per heavy atom. The minimum Gasteiger partial charge on any atom is -0.462 e. The number of hydrogen-bond acceptors (Lipinski definition) is 12. The number of aromatic nitrogens is 4. The van der Waals surface area contributed by atoms with Crippen LogP contribution in [0, 0.1) is 0 Å². The molecule has 0 aliphatic carbocycles. The van der Waals surface area contributed by atoms with Gasteiger partial charge in [-0.25, -0.2) is 9.55 Å². The first-order chi connectivity index (χ1) is 18.8. The van der Waals surface area contributed by atoms with Crippen LogP contribution in [0.2, 0.25) is 0 Å². The van der Waals surface area contributed by atoms with E-state index in [1.54, 1.807) is 58.2 Å². The molecule has 218 valence electrons. The van der Waals surface area contributed by atoms with Crippen LogP contribution < -0.4 is 20.7 Å². The van der Waals surface area contributed by atoms with E-state index in [0.717, 1.165) is 0 Å². The van der Waals surface area contributed by atoms with Crippen LogP contribution in [0.25, 0.3) is 11.2 Å². The summed E-state index contributed by atoms with van der Waals surface area (Å²) in [5.41, 5.74) is 6.62. The number of nitrogen functional groups attached to an aromatic ring is 1. The van der Waals surface area contributed by atoms with Crippen LogP contribution >= 0.6 is 19.3 Å². The van der Waals surface area contributed by atoms with Crippen LogP contribution in [0.15, 0.2) is 36.7 Å². The number of anilines is 2. The van der Waals surface area contributed by atoms with E-state index in [0.29, 0.717) is 17.0 Å². The molecule has 0 spiro atoms. The van der Waals surface area contributed by atoms with Gasteiger partial charge in [-0.2, -0.15) is 15.1 Å². The van der Waals surface area contributed by atoms with Gasteiger partial charge in [-0.1, -0.05) is 18.2 Å². The van der Waals surface area contributed by atoms with Gasteiger partial charge in [0, 0.05) is 7.05 Å². The summed E-state index contributed by atoms with van der Waals surface area (Å²) < 4.78 is 38.0. The molecule has 0 amide bonds. The third kappa shape index (κ3) is 6.32. The summed E-state index contributed by atoms with van der Waals surface area (Å²) >= 11 is 6.79. The molecule has 40 heavy (non-hydrogen) atoms. The maximum Gasteiger partial charge on any atom is 0.459 e. The first-order valence-corrected chi connectivity index (χ1v) is 14.4. The van der Waals surface area contributed by atoms with E-state index >= 15 is 0 Å². The SMILES string of the molecule is CNc1nc(N)nc2c1ncn2[C@@H]1O[C@H](CO[P@@](=O)(N[C@H](C)C(=O)OC(C)C)Oc2ccccc2)[C@@H](O)[C@@]1(C)Cl. The van der Waals surface area contributed by atoms with Crippen LogP contribution in [-0.2, 0) is 23.4 Å². The van der Waals surface area contributed by atoms with E-state index in [4.69, 9.17) is 35.9 Å². The highest BCUT2D eigenvalue weighted by atomic mass is 35.5. The topological polar surface area (TPSA) is 185 Å². The number of halogens is 1. The molecule has 1 aliphatic rings. The molecular formula is C24H33ClN7O7P. The van der Waals surface area contributed by atoms with E-state index in [9.17, 15) is 14.5 Å². The van der Waals surface area contributed by atoms with E-state index in [1.165, 1.54) is 17.8 Å². The van der Waals surface area contributed by atoms with Crippen molar-refractivity contribution in [2.24, 2.45) is 0 Å². The lowest BCUT2D eigenvalue weighted by molar-refractivity contribution is -0.149. The molecule has 14 nitrogen and oxygen atoms in total. The number of para-hydroxylation sites is 1. The summed E-state index contributed by atoms with van der Waals surface area (Å²) in [5, 5.41) is 16.6. The number of carbonyl (C=O) groups excluding carboxylic acids is 1. The fourth-order valence-corrected chi connectivity index (χ4v) is 5.93. The van der Waals surface area contributed by atoms with Gasteiger partial charge in [0.15, 0.2) is 23.2 Å². The lowest BCUT2D eigenvalue weighted by Crippen LogP contribution is -2.40. The molecule has 0 radical (unpaired) electrons. The Bertz CT molecular complexity index is 1390. The first kappa shape index (κ1) is 30.0. The van der Waals surface area contributed by atoms with Crippen LogP contribution in [0.1, 0.15) is 33.9 Å². The second-order valence-corrected chi connectivity index (χ2v) is 12.2. The molecule has 6 atom stereocenters. The summed E-state index contributed by atoms with van der Waals surface area (Å²) in [6.07, 6.45) is -2.23. The Balaban J connectivity index is 1.56. The molecule has 1 fully saturated rings. The molecule has 16 heteroatoms. The predicted molar refractivity (Wildman–Crippen MR) is 148 cm³/mol. The Kier molecular flexibility index (Phi) is 8.88. The number of aliphatic hydroxyl groups is 1. The van der Waals surface area contributed by atoms with Crippen LogP contribution in [-0.4, -0.2) is 73.5 Å². The average Bonchev–Trinajstić information content (AvgIpc) is 3.40. The first-order valence-electron chi connectivity index (χ1n) is 12.5. The highest BCUT2D eigenvalue weighted by Gasteiger charge is 2.54. The lowest BCUT2D eigenvalue weighted by Gasteiger charge is -2.26. The quantitative estimate of drug-likeness (QED) is 0.144. The van der Waals surface area contributed by atoms with Crippen LogP contribution in [0.4, 0.5) is 11.8 Å². The maximum atomic E-state index is 13.8. The molecule has 0 saturated carbocycles. The molecule has 4 rings (SSSR count). The van der Waals surface area contributed by atoms with Gasteiger partial charge in [-0.15, -0.1) is 11.6 Å². The molecule has 1 aliphatic heterocycles. The summed E-state index contributed by atoms with van der Waals surface area (Å²) in [4.78, 5) is 23.7. The number of imidazole rings is 1. The van der Waals surface area contributed by atoms with Gasteiger partial charge in [-0.3, -0.25) is 13.9 Å². The Morgan fingerprint density at radius 1 is 1.30 bits per heavy atom. The number of hydrogen-bond donors (Lipinski definition) is 4. The second-order valence-electron chi connectivity index (χ2n) is 9.66. The minimum atomic E-state index is -4.20. The zero-order valence-corrected chi connectivity index (χ0v) is 24.3. The third-order valence-corrected chi connectivity index (χ3v) is 8.13. The molecule has 5 N–H and O–H groups in total. The predicted octanol–water partition coefficient (Wildman–Crippen LogP) is 2.84. The average molecular weight is 598 g/mol. The highest BCUT2D eigenvalue weighted by molar-refractivity contribution is 7.52. The van der Waals surface area contributed by atoms with E-state index < -0.39 is 49.7 Å². The van der Waals surface area contributed by atoms with Gasteiger partial charge in [0.25, 0.3) is 0 Å². The highest BCUT2D eigenvalue weighted by Crippen LogP contribution is 2.48. The number of nitrogens with one attached hydrogen (secondary N) is 2. The lowest BCUT2D eigenvalue weighted by atomic mass is 10.0. The van der Waals surface area contributed by atoms with Crippen molar-refractivity contribution >= 4 is 48.2 Å². The van der Waals surface area contributed by atoms with Crippen molar-refractivity contribution in [3.8, 4) is 5.75 Å². The van der Waals surface area contributed by atoms with Gasteiger partial charge in [-0.05, 0) is 39.8 Å². The normalized spacial score (nSPS) is 25.1. The van der Waals surface area contributed by atoms with Crippen molar-refractivity contribution in [1.82, 2.24) is 24.6 Å². The van der Waals surface area contributed by atoms with Crippen LogP contribution in [0.5, 0.6) is 5.75 Å². The molecule has 0 bridgehead atoms. The number of carbonyl (C=O) groups is 1. The molecule has 1 aromatic carbocycles. The number of fused-ring (bicyclic) bond motifs is 1. The van der Waals surface area contributed by atoms with E-state index in [-0.39, 0.29) is 17.8 Å². The smallest absolute Gasteiger partial charge is 0.459 e. The van der Waals surface area contributed by atoms with Gasteiger partial charge < -0.3 is 30.2 Å². The zero-order valence-electron chi connectivity index (χ0n) is 22.6. The molecule has 0 unspecified atom stereocenters. The molecule has 3 aromatic rings. The standard InChI is InChI=1S/C24H33ClN7O7P/c1-13(2)37-21(34)14(3)31-40(35,39-15-9-7-6-8-10-15)36-11-16-18(33)24(4,25)22(38-16)32-12-28-17-19(27-5)29-23(26)30-20(17)32/h6-10,12-14,16,18,22,33H,11H2,1-5H3,(H,31,35)(H3,26,27,29,30)/t14-,16-,18-,22-,24-,40+/m1/s1. The molecule has 2 aromatic heterocycles. The largest absolute Gasteiger partial charge is 0.462 e. The number of alkyl halides is 1. The van der Waals surface area contributed by atoms with Crippen LogP contribution in [0.3, 0.4) is 0 Å². The number of aliphatic hydroxyl groups excluding tert-OH is 1. The number of rotatable bonds is 11. The minimum absolute atomic E-state index is 0.00323. The summed E-state index contributed by atoms with van der Waals surface area (Å²) in [6, 6.07) is 7.26. The number of esters is 1. The molecule has 1 saturated heterocycles. The van der Waals surface area contributed by atoms with Gasteiger partial charge >= 0.3 is 13.7 Å². The third-order valence-electron chi connectivity index (χ3n) is 6.08. The van der Waals surface area contributed by atoms with Crippen molar-refractivity contribution in [3.63, 3.8) is 0 Å². The fraction of sp³-hybridized carbons (Fsp3) is 0.500. The second kappa shape index (κ2) is 11.9. The van der Waals surface area contributed by atoms with E-state index in [2.05, 4.69) is 25.4 Å². The van der Waals surface area contributed by atoms with Gasteiger partial charge in [0.05, 0.1) is 19.0 Å². The van der Waals surface area contributed by atoms with Crippen molar-refractivity contribution in [3.05, 3.63) is 36.7 Å². The number of nitrogens with two attached hydrogens (primary N) is 1. The molecular weight excluding hydrogens is 565 g/mol. The Labute approximate surface area is 236 Å². The van der Waals surface area contributed by atoms with Crippen molar-refractivity contribution < 1.29 is 33.0 Å². The number of benzene rings is 1.